The summed E-state index contributed by atoms with van der Waals surface area (Å²) in [5.41, 5.74) is 0.679. The third kappa shape index (κ3) is 2.98. The highest BCUT2D eigenvalue weighted by Gasteiger charge is 2.24. The molecule has 1 fully saturated rings. The second-order valence-corrected chi connectivity index (χ2v) is 4.81. The molecule has 4 nitrogen and oxygen atoms in total. The van der Waals surface area contributed by atoms with E-state index in [1.165, 1.54) is 0 Å². The van der Waals surface area contributed by atoms with Gasteiger partial charge in [-0.1, -0.05) is 15.9 Å². The molecule has 2 rings (SSSR count). The Labute approximate surface area is 108 Å². The lowest BCUT2D eigenvalue weighted by atomic mass is 10.1. The fourth-order valence-corrected chi connectivity index (χ4v) is 2.12. The van der Waals surface area contributed by atoms with Gasteiger partial charge in [0.25, 0.3) is 0 Å². The van der Waals surface area contributed by atoms with Gasteiger partial charge in [0.2, 0.25) is 5.91 Å². The topological polar surface area (TPSA) is 47.6 Å². The van der Waals surface area contributed by atoms with Gasteiger partial charge in [0.05, 0.1) is 25.3 Å². The van der Waals surface area contributed by atoms with E-state index >= 15 is 0 Å². The Kier molecular flexibility index (Phi) is 4.02. The summed E-state index contributed by atoms with van der Waals surface area (Å²) in [5, 5.41) is 2.87. The number of rotatable bonds is 3. The molecule has 1 unspecified atom stereocenters. The molecule has 1 aliphatic heterocycles. The molecule has 5 heteroatoms. The maximum Gasteiger partial charge on any atom is 0.230 e. The first-order chi connectivity index (χ1) is 8.20. The number of ether oxygens (including phenoxy) is 2. The van der Waals surface area contributed by atoms with Gasteiger partial charge in [0.1, 0.15) is 5.75 Å². The summed E-state index contributed by atoms with van der Waals surface area (Å²) in [7, 11) is 1.58. The van der Waals surface area contributed by atoms with Gasteiger partial charge in [-0.3, -0.25) is 4.79 Å². The van der Waals surface area contributed by atoms with Crippen LogP contribution in [0.2, 0.25) is 0 Å². The fourth-order valence-electron chi connectivity index (χ4n) is 1.75. The van der Waals surface area contributed by atoms with Gasteiger partial charge in [-0.05, 0) is 24.6 Å². The van der Waals surface area contributed by atoms with Gasteiger partial charge in [-0.25, -0.2) is 0 Å². The minimum atomic E-state index is -0.0568. The normalized spacial score (nSPS) is 19.1. The number of methoxy groups -OCH3 is 1. The Morgan fingerprint density at radius 2 is 2.41 bits per heavy atom. The van der Waals surface area contributed by atoms with Crippen molar-refractivity contribution in [2.75, 3.05) is 25.6 Å². The van der Waals surface area contributed by atoms with Crippen LogP contribution in [0.15, 0.2) is 22.7 Å². The number of carbonyl (C=O) groups is 1. The Hall–Kier alpha value is -1.07. The van der Waals surface area contributed by atoms with Crippen molar-refractivity contribution in [3.8, 4) is 5.75 Å². The number of amides is 1. The second-order valence-electron chi connectivity index (χ2n) is 3.89. The van der Waals surface area contributed by atoms with Crippen molar-refractivity contribution in [1.82, 2.24) is 0 Å². The molecule has 1 atom stereocenters. The summed E-state index contributed by atoms with van der Waals surface area (Å²) in [4.78, 5) is 11.9. The number of halogens is 1. The molecule has 0 aliphatic carbocycles. The molecule has 0 bridgehead atoms. The first kappa shape index (κ1) is 12.4. The van der Waals surface area contributed by atoms with Crippen LogP contribution in [0.25, 0.3) is 0 Å². The van der Waals surface area contributed by atoms with Crippen molar-refractivity contribution >= 4 is 27.5 Å². The number of carbonyl (C=O) groups excluding carboxylic acids is 1. The maximum absolute atomic E-state index is 11.9. The van der Waals surface area contributed by atoms with Crippen molar-refractivity contribution in [3.63, 3.8) is 0 Å². The Bertz CT molecular complexity index is 416. The lowest BCUT2D eigenvalue weighted by Gasteiger charge is -2.12. The summed E-state index contributed by atoms with van der Waals surface area (Å²) < 4.78 is 11.3. The quantitative estimate of drug-likeness (QED) is 0.932. The molecule has 1 saturated heterocycles. The first-order valence-corrected chi connectivity index (χ1v) is 6.22. The molecular formula is C12H14BrNO3. The lowest BCUT2D eigenvalue weighted by Crippen LogP contribution is -2.23. The Morgan fingerprint density at radius 1 is 1.59 bits per heavy atom. The fraction of sp³-hybridized carbons (Fsp3) is 0.417. The molecule has 1 aromatic carbocycles. The molecule has 92 valence electrons. The largest absolute Gasteiger partial charge is 0.495 e. The summed E-state index contributed by atoms with van der Waals surface area (Å²) in [6.07, 6.45) is 0.780. The molecule has 1 amide bonds. The van der Waals surface area contributed by atoms with E-state index in [4.69, 9.17) is 9.47 Å². The molecule has 1 aliphatic rings. The zero-order chi connectivity index (χ0) is 12.3. The van der Waals surface area contributed by atoms with Crippen molar-refractivity contribution < 1.29 is 14.3 Å². The molecule has 0 saturated carbocycles. The van der Waals surface area contributed by atoms with Crippen LogP contribution in [-0.4, -0.2) is 26.2 Å². The van der Waals surface area contributed by atoms with E-state index < -0.39 is 0 Å². The van der Waals surface area contributed by atoms with Crippen LogP contribution < -0.4 is 10.1 Å². The van der Waals surface area contributed by atoms with Crippen molar-refractivity contribution in [2.45, 2.75) is 6.42 Å². The Balaban J connectivity index is 2.11. The number of anilines is 1. The minimum absolute atomic E-state index is 0.0149. The van der Waals surface area contributed by atoms with Gasteiger partial charge in [0.15, 0.2) is 0 Å². The molecule has 0 spiro atoms. The van der Waals surface area contributed by atoms with Crippen LogP contribution in [0, 0.1) is 5.92 Å². The summed E-state index contributed by atoms with van der Waals surface area (Å²) >= 11 is 3.37. The monoisotopic (exact) mass is 299 g/mol. The van der Waals surface area contributed by atoms with E-state index in [9.17, 15) is 4.79 Å². The standard InChI is InChI=1S/C12H14BrNO3/c1-16-11-3-2-9(13)6-10(11)14-12(15)8-4-5-17-7-8/h2-3,6,8H,4-5,7H2,1H3,(H,14,15). The molecule has 17 heavy (non-hydrogen) atoms. The summed E-state index contributed by atoms with van der Waals surface area (Å²) in [6.45, 7) is 1.16. The molecule has 0 radical (unpaired) electrons. The average molecular weight is 300 g/mol. The summed E-state index contributed by atoms with van der Waals surface area (Å²) in [6, 6.07) is 5.50. The van der Waals surface area contributed by atoms with Crippen molar-refractivity contribution in [2.24, 2.45) is 5.92 Å². The van der Waals surface area contributed by atoms with Crippen LogP contribution >= 0.6 is 15.9 Å². The molecule has 1 heterocycles. The number of nitrogens with one attached hydrogen (secondary N) is 1. The molecular weight excluding hydrogens is 286 g/mol. The molecule has 0 aromatic heterocycles. The summed E-state index contributed by atoms with van der Waals surface area (Å²) in [5.74, 6) is 0.582. The van der Waals surface area contributed by atoms with Gasteiger partial charge in [0, 0.05) is 11.1 Å². The van der Waals surface area contributed by atoms with Gasteiger partial charge in [-0.15, -0.1) is 0 Å². The highest BCUT2D eigenvalue weighted by Crippen LogP contribution is 2.28. The molecule has 1 aromatic rings. The van der Waals surface area contributed by atoms with Crippen molar-refractivity contribution in [3.05, 3.63) is 22.7 Å². The van der Waals surface area contributed by atoms with E-state index in [0.29, 0.717) is 24.7 Å². The van der Waals surface area contributed by atoms with Crippen LogP contribution in [0.4, 0.5) is 5.69 Å². The predicted molar refractivity (Wildman–Crippen MR) is 68.2 cm³/mol. The number of hydrogen-bond acceptors (Lipinski definition) is 3. The maximum atomic E-state index is 11.9. The second kappa shape index (κ2) is 5.51. The van der Waals surface area contributed by atoms with E-state index in [2.05, 4.69) is 21.2 Å². The highest BCUT2D eigenvalue weighted by atomic mass is 79.9. The number of hydrogen-bond donors (Lipinski definition) is 1. The first-order valence-electron chi connectivity index (χ1n) is 5.43. The highest BCUT2D eigenvalue weighted by molar-refractivity contribution is 9.10. The SMILES string of the molecule is COc1ccc(Br)cc1NC(=O)C1CCOC1. The smallest absolute Gasteiger partial charge is 0.230 e. The zero-order valence-electron chi connectivity index (χ0n) is 9.53. The third-order valence-corrected chi connectivity index (χ3v) is 3.21. The predicted octanol–water partition coefficient (Wildman–Crippen LogP) is 2.43. The average Bonchev–Trinajstić information content (AvgIpc) is 2.83. The van der Waals surface area contributed by atoms with E-state index in [1.54, 1.807) is 7.11 Å². The third-order valence-electron chi connectivity index (χ3n) is 2.72. The Morgan fingerprint density at radius 3 is 3.06 bits per heavy atom. The zero-order valence-corrected chi connectivity index (χ0v) is 11.1. The minimum Gasteiger partial charge on any atom is -0.495 e. The van der Waals surface area contributed by atoms with Crippen molar-refractivity contribution in [1.29, 1.82) is 0 Å². The van der Waals surface area contributed by atoms with Crippen LogP contribution in [0.3, 0.4) is 0 Å². The lowest BCUT2D eigenvalue weighted by molar-refractivity contribution is -0.119. The number of benzene rings is 1. The van der Waals surface area contributed by atoms with Crippen LogP contribution in [0.1, 0.15) is 6.42 Å². The molecule has 1 N–H and O–H groups in total. The van der Waals surface area contributed by atoms with Crippen LogP contribution in [-0.2, 0) is 9.53 Å². The van der Waals surface area contributed by atoms with E-state index in [-0.39, 0.29) is 11.8 Å². The van der Waals surface area contributed by atoms with E-state index in [1.807, 2.05) is 18.2 Å². The van der Waals surface area contributed by atoms with Gasteiger partial charge in [-0.2, -0.15) is 0 Å². The van der Waals surface area contributed by atoms with Crippen LogP contribution in [0.5, 0.6) is 5.75 Å². The van der Waals surface area contributed by atoms with Gasteiger partial charge >= 0.3 is 0 Å². The van der Waals surface area contributed by atoms with E-state index in [0.717, 1.165) is 10.9 Å². The van der Waals surface area contributed by atoms with Gasteiger partial charge < -0.3 is 14.8 Å².